The number of rotatable bonds is 5. The van der Waals surface area contributed by atoms with E-state index in [0.29, 0.717) is 6.04 Å². The first-order chi connectivity index (χ1) is 7.25. The van der Waals surface area contributed by atoms with Crippen LogP contribution in [0, 0.1) is 5.92 Å². The highest BCUT2D eigenvalue weighted by Gasteiger charge is 2.19. The van der Waals surface area contributed by atoms with Crippen molar-refractivity contribution in [2.24, 2.45) is 5.92 Å². The second kappa shape index (κ2) is 5.46. The second-order valence-electron chi connectivity index (χ2n) is 4.51. The molecule has 0 aromatic carbocycles. The predicted octanol–water partition coefficient (Wildman–Crippen LogP) is 4.18. The van der Waals surface area contributed by atoms with Crippen molar-refractivity contribution in [3.05, 3.63) is 20.8 Å². The van der Waals surface area contributed by atoms with Gasteiger partial charge in [-0.1, -0.05) is 19.3 Å². The minimum absolute atomic E-state index is 0.657. The van der Waals surface area contributed by atoms with Gasteiger partial charge in [-0.05, 0) is 46.6 Å². The third-order valence-corrected chi connectivity index (χ3v) is 5.14. The van der Waals surface area contributed by atoms with Gasteiger partial charge in [-0.3, -0.25) is 0 Å². The van der Waals surface area contributed by atoms with Gasteiger partial charge in [-0.25, -0.2) is 0 Å². The molecule has 1 saturated carbocycles. The molecule has 0 saturated heterocycles. The Morgan fingerprint density at radius 3 is 2.93 bits per heavy atom. The summed E-state index contributed by atoms with van der Waals surface area (Å²) < 4.78 is 1.25. The van der Waals surface area contributed by atoms with Crippen molar-refractivity contribution >= 4 is 27.3 Å². The molecule has 0 radical (unpaired) electrons. The van der Waals surface area contributed by atoms with Gasteiger partial charge in [-0.2, -0.15) is 0 Å². The molecule has 0 amide bonds. The van der Waals surface area contributed by atoms with Gasteiger partial charge in [0.1, 0.15) is 0 Å². The molecule has 3 heteroatoms. The monoisotopic (exact) mass is 287 g/mol. The SMILES string of the molecule is CC(CC1CCC1)NCc1sccc1Br. The zero-order chi connectivity index (χ0) is 10.7. The van der Waals surface area contributed by atoms with Crippen LogP contribution in [0.5, 0.6) is 0 Å². The molecular weight excluding hydrogens is 270 g/mol. The standard InChI is InChI=1S/C12H18BrNS/c1-9(7-10-3-2-4-10)14-8-12-11(13)5-6-15-12/h5-6,9-10,14H,2-4,7-8H2,1H3. The molecule has 1 heterocycles. The summed E-state index contributed by atoms with van der Waals surface area (Å²) in [5.41, 5.74) is 0. The zero-order valence-electron chi connectivity index (χ0n) is 9.13. The van der Waals surface area contributed by atoms with E-state index in [1.807, 2.05) is 11.3 Å². The van der Waals surface area contributed by atoms with Crippen molar-refractivity contribution < 1.29 is 0 Å². The zero-order valence-corrected chi connectivity index (χ0v) is 11.5. The Bertz CT molecular complexity index is 306. The molecule has 1 aromatic rings. The van der Waals surface area contributed by atoms with Crippen molar-refractivity contribution in [1.29, 1.82) is 0 Å². The lowest BCUT2D eigenvalue weighted by molar-refractivity contribution is 0.265. The fraction of sp³-hybridized carbons (Fsp3) is 0.667. The van der Waals surface area contributed by atoms with Gasteiger partial charge in [0.2, 0.25) is 0 Å². The summed E-state index contributed by atoms with van der Waals surface area (Å²) in [6, 6.07) is 2.78. The van der Waals surface area contributed by atoms with Crippen molar-refractivity contribution in [1.82, 2.24) is 5.32 Å². The number of nitrogens with one attached hydrogen (secondary N) is 1. The molecule has 1 atom stereocenters. The quantitative estimate of drug-likeness (QED) is 0.857. The molecule has 0 bridgehead atoms. The van der Waals surface area contributed by atoms with Crippen LogP contribution in [0.4, 0.5) is 0 Å². The van der Waals surface area contributed by atoms with Crippen LogP contribution in [0.1, 0.15) is 37.5 Å². The van der Waals surface area contributed by atoms with Crippen molar-refractivity contribution in [2.45, 2.75) is 45.2 Å². The van der Waals surface area contributed by atoms with E-state index in [1.54, 1.807) is 0 Å². The van der Waals surface area contributed by atoms with Gasteiger partial charge < -0.3 is 5.32 Å². The maximum atomic E-state index is 3.61. The van der Waals surface area contributed by atoms with E-state index in [1.165, 1.54) is 35.0 Å². The van der Waals surface area contributed by atoms with Crippen LogP contribution in [-0.4, -0.2) is 6.04 Å². The molecule has 0 spiro atoms. The van der Waals surface area contributed by atoms with E-state index in [0.717, 1.165) is 12.5 Å². The molecule has 0 aliphatic heterocycles. The molecule has 1 nitrogen and oxygen atoms in total. The fourth-order valence-corrected chi connectivity index (χ4v) is 3.47. The average Bonchev–Trinajstić information content (AvgIpc) is 2.55. The third-order valence-electron chi connectivity index (χ3n) is 3.21. The summed E-state index contributed by atoms with van der Waals surface area (Å²) in [6.07, 6.45) is 5.71. The van der Waals surface area contributed by atoms with Crippen molar-refractivity contribution in [3.63, 3.8) is 0 Å². The largest absolute Gasteiger partial charge is 0.309 e. The molecular formula is C12H18BrNS. The number of hydrogen-bond donors (Lipinski definition) is 1. The Labute approximate surface area is 104 Å². The Balaban J connectivity index is 1.70. The highest BCUT2D eigenvalue weighted by atomic mass is 79.9. The van der Waals surface area contributed by atoms with Gasteiger partial charge in [0.15, 0.2) is 0 Å². The Hall–Kier alpha value is 0.140. The normalized spacial score (nSPS) is 18.8. The molecule has 15 heavy (non-hydrogen) atoms. The van der Waals surface area contributed by atoms with Gasteiger partial charge >= 0.3 is 0 Å². The van der Waals surface area contributed by atoms with E-state index < -0.39 is 0 Å². The maximum Gasteiger partial charge on any atom is 0.0327 e. The van der Waals surface area contributed by atoms with Crippen LogP contribution >= 0.6 is 27.3 Å². The molecule has 1 N–H and O–H groups in total. The molecule has 1 aliphatic carbocycles. The van der Waals surface area contributed by atoms with Crippen LogP contribution in [0.15, 0.2) is 15.9 Å². The maximum absolute atomic E-state index is 3.61. The van der Waals surface area contributed by atoms with Crippen molar-refractivity contribution in [3.8, 4) is 0 Å². The summed E-state index contributed by atoms with van der Waals surface area (Å²) >= 11 is 5.38. The third kappa shape index (κ3) is 3.30. The molecule has 1 fully saturated rings. The fourth-order valence-electron chi connectivity index (χ4n) is 2.03. The van der Waals surface area contributed by atoms with Gasteiger partial charge in [0.25, 0.3) is 0 Å². The van der Waals surface area contributed by atoms with Crippen LogP contribution in [0.25, 0.3) is 0 Å². The first-order valence-electron chi connectivity index (χ1n) is 5.71. The Morgan fingerprint density at radius 1 is 1.60 bits per heavy atom. The lowest BCUT2D eigenvalue weighted by Crippen LogP contribution is -2.29. The van der Waals surface area contributed by atoms with Crippen LogP contribution in [0.2, 0.25) is 0 Å². The number of thiophene rings is 1. The van der Waals surface area contributed by atoms with Crippen LogP contribution in [0.3, 0.4) is 0 Å². The van der Waals surface area contributed by atoms with E-state index in [4.69, 9.17) is 0 Å². The van der Waals surface area contributed by atoms with E-state index >= 15 is 0 Å². The lowest BCUT2D eigenvalue weighted by Gasteiger charge is -2.28. The second-order valence-corrected chi connectivity index (χ2v) is 6.36. The highest BCUT2D eigenvalue weighted by molar-refractivity contribution is 9.10. The van der Waals surface area contributed by atoms with Gasteiger partial charge in [-0.15, -0.1) is 11.3 Å². The van der Waals surface area contributed by atoms with Crippen molar-refractivity contribution in [2.75, 3.05) is 0 Å². The first-order valence-corrected chi connectivity index (χ1v) is 7.38. The van der Waals surface area contributed by atoms with E-state index in [2.05, 4.69) is 39.6 Å². The number of hydrogen-bond acceptors (Lipinski definition) is 2. The lowest BCUT2D eigenvalue weighted by atomic mass is 9.81. The summed E-state index contributed by atoms with van der Waals surface area (Å²) in [7, 11) is 0. The van der Waals surface area contributed by atoms with E-state index in [9.17, 15) is 0 Å². The number of halogens is 1. The van der Waals surface area contributed by atoms with E-state index in [-0.39, 0.29) is 0 Å². The minimum Gasteiger partial charge on any atom is -0.309 e. The smallest absolute Gasteiger partial charge is 0.0327 e. The van der Waals surface area contributed by atoms with Crippen LogP contribution < -0.4 is 5.32 Å². The highest BCUT2D eigenvalue weighted by Crippen LogP contribution is 2.30. The molecule has 84 valence electrons. The molecule has 2 rings (SSSR count). The minimum atomic E-state index is 0.657. The summed E-state index contributed by atoms with van der Waals surface area (Å²) in [6.45, 7) is 3.31. The Kier molecular flexibility index (Phi) is 4.23. The Morgan fingerprint density at radius 2 is 2.40 bits per heavy atom. The topological polar surface area (TPSA) is 12.0 Å². The summed E-state index contributed by atoms with van der Waals surface area (Å²) in [5.74, 6) is 0.999. The van der Waals surface area contributed by atoms with Crippen LogP contribution in [-0.2, 0) is 6.54 Å². The van der Waals surface area contributed by atoms with Gasteiger partial charge in [0.05, 0.1) is 0 Å². The predicted molar refractivity (Wildman–Crippen MR) is 70.3 cm³/mol. The molecule has 1 unspecified atom stereocenters. The molecule has 1 aliphatic rings. The first kappa shape index (κ1) is 11.6. The average molecular weight is 288 g/mol. The summed E-state index contributed by atoms with van der Waals surface area (Å²) in [5, 5.41) is 5.74. The molecule has 1 aromatic heterocycles. The van der Waals surface area contributed by atoms with Gasteiger partial charge in [0, 0.05) is 21.9 Å². The summed E-state index contributed by atoms with van der Waals surface area (Å²) in [4.78, 5) is 1.41.